The van der Waals surface area contributed by atoms with Crippen LogP contribution in [0.2, 0.25) is 0 Å². The lowest BCUT2D eigenvalue weighted by Crippen LogP contribution is -2.25. The van der Waals surface area contributed by atoms with Gasteiger partial charge < -0.3 is 5.73 Å². The number of nitrogens with two attached hydrogens (primary N) is 1. The molecule has 9 nitrogen and oxygen atoms in total. The third-order valence-corrected chi connectivity index (χ3v) is 4.47. The highest BCUT2D eigenvalue weighted by Gasteiger charge is 2.32. The molecule has 10 heteroatoms. The van der Waals surface area contributed by atoms with Crippen molar-refractivity contribution < 1.29 is 22.6 Å². The summed E-state index contributed by atoms with van der Waals surface area (Å²) in [5.74, 6) is -1.94. The fourth-order valence-corrected chi connectivity index (χ4v) is 3.30. The van der Waals surface area contributed by atoms with Crippen LogP contribution in [0, 0.1) is 6.92 Å². The number of hydrogen-bond acceptors (Lipinski definition) is 6. The van der Waals surface area contributed by atoms with Crippen LogP contribution >= 0.6 is 0 Å². The molecule has 0 atom stereocenters. The van der Waals surface area contributed by atoms with E-state index < -0.39 is 38.2 Å². The summed E-state index contributed by atoms with van der Waals surface area (Å²) in [6, 6.07) is 4.83. The Kier molecular flexibility index (Phi) is 3.32. The molecule has 2 amide bonds. The first-order chi connectivity index (χ1) is 11.1. The fraction of sp³-hybridized carbons (Fsp3) is 0.0714. The normalized spacial score (nSPS) is 13.8. The van der Waals surface area contributed by atoms with Crippen LogP contribution in [0.4, 0.5) is 5.82 Å². The second-order valence-electron chi connectivity index (χ2n) is 5.22. The molecule has 0 fully saturated rings. The van der Waals surface area contributed by atoms with Crippen molar-refractivity contribution in [2.45, 2.75) is 11.8 Å². The number of carbonyl (C=O) groups is 2. The van der Waals surface area contributed by atoms with Gasteiger partial charge in [0, 0.05) is 6.07 Å². The van der Waals surface area contributed by atoms with Gasteiger partial charge in [-0.2, -0.15) is 8.42 Å². The number of carbonyl (C=O) groups excluding carboxylic acids is 2. The number of nitrogen functional groups attached to an aromatic ring is 1. The first-order valence-corrected chi connectivity index (χ1v) is 8.05. The number of aryl methyl sites for hydroxylation is 1. The molecule has 1 aliphatic rings. The van der Waals surface area contributed by atoms with E-state index in [1.807, 2.05) is 5.32 Å². The van der Waals surface area contributed by atoms with Crippen molar-refractivity contribution in [3.8, 4) is 5.69 Å². The minimum Gasteiger partial charge on any atom is -0.384 e. The number of anilines is 1. The van der Waals surface area contributed by atoms with Gasteiger partial charge in [0.05, 0.1) is 16.8 Å². The van der Waals surface area contributed by atoms with Crippen molar-refractivity contribution in [3.05, 3.63) is 51.3 Å². The molecule has 2 aromatic rings. The predicted octanol–water partition coefficient (Wildman–Crippen LogP) is -0.142. The van der Waals surface area contributed by atoms with E-state index in [1.54, 1.807) is 6.92 Å². The molecular weight excluding hydrogens is 338 g/mol. The molecule has 0 bridgehead atoms. The number of aromatic nitrogens is 1. The Morgan fingerprint density at radius 3 is 2.42 bits per heavy atom. The Labute approximate surface area is 135 Å². The number of imide groups is 1. The lowest BCUT2D eigenvalue weighted by atomic mass is 10.1. The van der Waals surface area contributed by atoms with Gasteiger partial charge in [0.25, 0.3) is 27.5 Å². The van der Waals surface area contributed by atoms with E-state index in [0.29, 0.717) is 5.56 Å². The molecule has 0 saturated heterocycles. The van der Waals surface area contributed by atoms with Crippen LogP contribution in [0.5, 0.6) is 0 Å². The summed E-state index contributed by atoms with van der Waals surface area (Å²) in [6.07, 6.45) is 0. The SMILES string of the molecule is Cc1ccc(-n2c(N)c3c(cc2=O)C(=O)NC3=O)c(S(=O)(=O)O)c1. The number of rotatable bonds is 2. The zero-order chi connectivity index (χ0) is 17.8. The number of nitrogens with one attached hydrogen (secondary N) is 1. The van der Waals surface area contributed by atoms with Gasteiger partial charge in [-0.3, -0.25) is 28.8 Å². The largest absolute Gasteiger partial charge is 0.384 e. The summed E-state index contributed by atoms with van der Waals surface area (Å²) >= 11 is 0. The Hall–Kier alpha value is -2.98. The molecule has 2 heterocycles. The highest BCUT2D eigenvalue weighted by Crippen LogP contribution is 2.26. The van der Waals surface area contributed by atoms with Crippen LogP contribution in [0.15, 0.2) is 34.0 Å². The Morgan fingerprint density at radius 2 is 1.79 bits per heavy atom. The second-order valence-corrected chi connectivity index (χ2v) is 6.61. The van der Waals surface area contributed by atoms with Crippen molar-refractivity contribution in [1.82, 2.24) is 9.88 Å². The molecule has 0 spiro atoms. The van der Waals surface area contributed by atoms with Crippen LogP contribution in [-0.4, -0.2) is 29.4 Å². The van der Waals surface area contributed by atoms with Crippen LogP contribution < -0.4 is 16.6 Å². The van der Waals surface area contributed by atoms with Crippen molar-refractivity contribution in [1.29, 1.82) is 0 Å². The van der Waals surface area contributed by atoms with Crippen LogP contribution in [-0.2, 0) is 10.1 Å². The summed E-state index contributed by atoms with van der Waals surface area (Å²) in [4.78, 5) is 35.3. The van der Waals surface area contributed by atoms with E-state index in [2.05, 4.69) is 0 Å². The molecule has 0 saturated carbocycles. The zero-order valence-corrected chi connectivity index (χ0v) is 13.0. The zero-order valence-electron chi connectivity index (χ0n) is 12.2. The standard InChI is InChI=1S/C14H11N3O6S/c1-6-2-3-8(9(4-6)24(21,22)23)17-10(18)5-7-11(12(17)15)14(20)16-13(7)19/h2-5H,15H2,1H3,(H,16,19,20)(H,21,22,23). The van der Waals surface area contributed by atoms with E-state index in [9.17, 15) is 27.4 Å². The van der Waals surface area contributed by atoms with Gasteiger partial charge in [-0.25, -0.2) is 0 Å². The first kappa shape index (κ1) is 15.9. The van der Waals surface area contributed by atoms with Crippen molar-refractivity contribution in [3.63, 3.8) is 0 Å². The first-order valence-electron chi connectivity index (χ1n) is 6.61. The van der Waals surface area contributed by atoms with E-state index >= 15 is 0 Å². The second kappa shape index (κ2) is 5.01. The maximum atomic E-state index is 12.3. The van der Waals surface area contributed by atoms with E-state index in [-0.39, 0.29) is 16.8 Å². The third-order valence-electron chi connectivity index (χ3n) is 3.59. The van der Waals surface area contributed by atoms with Crippen LogP contribution in [0.3, 0.4) is 0 Å². The Morgan fingerprint density at radius 1 is 1.12 bits per heavy atom. The summed E-state index contributed by atoms with van der Waals surface area (Å²) in [7, 11) is -4.66. The number of benzene rings is 1. The van der Waals surface area contributed by atoms with Gasteiger partial charge in [-0.1, -0.05) is 6.07 Å². The quantitative estimate of drug-likeness (QED) is 0.504. The smallest absolute Gasteiger partial charge is 0.296 e. The van der Waals surface area contributed by atoms with Crippen molar-refractivity contribution >= 4 is 27.8 Å². The molecule has 4 N–H and O–H groups in total. The molecule has 1 aromatic heterocycles. The average molecular weight is 349 g/mol. The van der Waals surface area contributed by atoms with Gasteiger partial charge >= 0.3 is 0 Å². The van der Waals surface area contributed by atoms with Gasteiger partial charge in [0.15, 0.2) is 0 Å². The van der Waals surface area contributed by atoms with E-state index in [0.717, 1.165) is 16.7 Å². The molecule has 124 valence electrons. The molecule has 1 aliphatic heterocycles. The topological polar surface area (TPSA) is 149 Å². The van der Waals surface area contributed by atoms with Crippen LogP contribution in [0.25, 0.3) is 5.69 Å². The summed E-state index contributed by atoms with van der Waals surface area (Å²) < 4.78 is 33.4. The van der Waals surface area contributed by atoms with Crippen LogP contribution in [0.1, 0.15) is 26.3 Å². The number of fused-ring (bicyclic) bond motifs is 1. The van der Waals surface area contributed by atoms with Gasteiger partial charge in [0.2, 0.25) is 0 Å². The van der Waals surface area contributed by atoms with E-state index in [1.165, 1.54) is 12.1 Å². The van der Waals surface area contributed by atoms with Gasteiger partial charge in [0.1, 0.15) is 10.7 Å². The lowest BCUT2D eigenvalue weighted by Gasteiger charge is -2.15. The summed E-state index contributed by atoms with van der Waals surface area (Å²) in [5, 5.41) is 2.01. The fourth-order valence-electron chi connectivity index (χ4n) is 2.54. The molecule has 3 rings (SSSR count). The van der Waals surface area contributed by atoms with Crippen molar-refractivity contribution in [2.24, 2.45) is 0 Å². The van der Waals surface area contributed by atoms with Crippen molar-refractivity contribution in [2.75, 3.05) is 5.73 Å². The molecule has 0 unspecified atom stereocenters. The Bertz CT molecular complexity index is 1080. The summed E-state index contributed by atoms with van der Waals surface area (Å²) in [5.41, 5.74) is 4.93. The lowest BCUT2D eigenvalue weighted by molar-refractivity contribution is 0.0880. The monoisotopic (exact) mass is 349 g/mol. The highest BCUT2D eigenvalue weighted by atomic mass is 32.2. The minimum absolute atomic E-state index is 0.181. The molecule has 24 heavy (non-hydrogen) atoms. The van der Waals surface area contributed by atoms with Gasteiger partial charge in [-0.05, 0) is 24.6 Å². The summed E-state index contributed by atoms with van der Waals surface area (Å²) in [6.45, 7) is 1.60. The average Bonchev–Trinajstić information content (AvgIpc) is 2.74. The molecular formula is C14H11N3O6S. The maximum Gasteiger partial charge on any atom is 0.296 e. The number of amides is 2. The number of nitrogens with zero attached hydrogens (tertiary/aromatic N) is 1. The maximum absolute atomic E-state index is 12.3. The number of hydrogen-bond donors (Lipinski definition) is 3. The predicted molar refractivity (Wildman–Crippen MR) is 82.8 cm³/mol. The number of pyridine rings is 1. The Balaban J connectivity index is 2.43. The molecule has 0 radical (unpaired) electrons. The molecule has 0 aliphatic carbocycles. The third kappa shape index (κ3) is 2.28. The molecule has 1 aromatic carbocycles. The van der Waals surface area contributed by atoms with E-state index in [4.69, 9.17) is 5.73 Å². The highest BCUT2D eigenvalue weighted by molar-refractivity contribution is 7.86. The van der Waals surface area contributed by atoms with Gasteiger partial charge in [-0.15, -0.1) is 0 Å². The minimum atomic E-state index is -4.66.